The molecule has 2 amide bonds. The third-order valence-electron chi connectivity index (χ3n) is 7.31. The molecule has 0 saturated carbocycles. The molecule has 2 aromatic carbocycles. The van der Waals surface area contributed by atoms with Crippen LogP contribution in [0, 0.1) is 5.82 Å². The summed E-state index contributed by atoms with van der Waals surface area (Å²) in [6.07, 6.45) is -1.98. The molecule has 0 bridgehead atoms. The Morgan fingerprint density at radius 3 is 2.57 bits per heavy atom. The van der Waals surface area contributed by atoms with Gasteiger partial charge in [0.2, 0.25) is 5.91 Å². The van der Waals surface area contributed by atoms with Crippen LogP contribution in [0.4, 0.5) is 23.2 Å². The van der Waals surface area contributed by atoms with Crippen molar-refractivity contribution in [1.29, 1.82) is 0 Å². The van der Waals surface area contributed by atoms with Gasteiger partial charge in [0.25, 0.3) is 11.5 Å². The van der Waals surface area contributed by atoms with Gasteiger partial charge in [-0.1, -0.05) is 23.7 Å². The molecule has 16 heteroatoms. The van der Waals surface area contributed by atoms with Gasteiger partial charge in [0.1, 0.15) is 17.6 Å². The summed E-state index contributed by atoms with van der Waals surface area (Å²) in [5.41, 5.74) is -1.49. The number of aromatic nitrogens is 4. The monoisotopic (exact) mass is 662 g/mol. The number of benzene rings is 2. The van der Waals surface area contributed by atoms with Gasteiger partial charge >= 0.3 is 6.18 Å². The summed E-state index contributed by atoms with van der Waals surface area (Å²) >= 11 is 6.21. The van der Waals surface area contributed by atoms with Gasteiger partial charge in [0.15, 0.2) is 5.69 Å². The van der Waals surface area contributed by atoms with E-state index < -0.39 is 41.1 Å². The fourth-order valence-corrected chi connectivity index (χ4v) is 5.18. The molecule has 1 saturated heterocycles. The molecular formula is C30H27ClF4N6O5. The van der Waals surface area contributed by atoms with Crippen molar-refractivity contribution in [2.75, 3.05) is 25.6 Å². The number of halogens is 5. The highest BCUT2D eigenvalue weighted by Gasteiger charge is 2.35. The molecule has 1 aliphatic heterocycles. The number of nitrogens with zero attached hydrogens (tertiary/aromatic N) is 4. The molecule has 0 radical (unpaired) electrons. The number of amides is 2. The SMILES string of the molecule is CC[C@@H](C(=O)Nc1ccc(C(=O)NC2CCOC2)c(F)c1)n1cc(OC)c(-c2cc(Cl)ccc2-n2cc(C(F)(F)F)nn2)cc1=O. The van der Waals surface area contributed by atoms with Gasteiger partial charge < -0.3 is 20.1 Å². The van der Waals surface area contributed by atoms with Crippen molar-refractivity contribution in [3.8, 4) is 22.6 Å². The Labute approximate surface area is 264 Å². The number of nitrogens with one attached hydrogen (secondary N) is 2. The Hall–Kier alpha value is -4.76. The summed E-state index contributed by atoms with van der Waals surface area (Å²) in [6, 6.07) is 7.77. The first-order valence-electron chi connectivity index (χ1n) is 14.0. The number of methoxy groups -OCH3 is 1. The second kappa shape index (κ2) is 13.3. The van der Waals surface area contributed by atoms with E-state index >= 15 is 0 Å². The Balaban J connectivity index is 1.42. The van der Waals surface area contributed by atoms with Crippen molar-refractivity contribution in [1.82, 2.24) is 24.9 Å². The van der Waals surface area contributed by atoms with Crippen LogP contribution < -0.4 is 20.9 Å². The molecule has 1 aliphatic rings. The number of alkyl halides is 3. The summed E-state index contributed by atoms with van der Waals surface area (Å²) in [4.78, 5) is 39.2. The van der Waals surface area contributed by atoms with Crippen LogP contribution in [0.15, 0.2) is 59.7 Å². The molecule has 2 aromatic heterocycles. The number of carbonyl (C=O) groups excluding carboxylic acids is 2. The third-order valence-corrected chi connectivity index (χ3v) is 7.55. The molecule has 46 heavy (non-hydrogen) atoms. The highest BCUT2D eigenvalue weighted by Crippen LogP contribution is 2.36. The second-order valence-corrected chi connectivity index (χ2v) is 10.8. The number of carbonyl (C=O) groups is 2. The zero-order valence-electron chi connectivity index (χ0n) is 24.4. The number of anilines is 1. The highest BCUT2D eigenvalue weighted by atomic mass is 35.5. The number of hydrogen-bond donors (Lipinski definition) is 2. The minimum absolute atomic E-state index is 0.0629. The van der Waals surface area contributed by atoms with Gasteiger partial charge in [-0.05, 0) is 49.2 Å². The van der Waals surface area contributed by atoms with Crippen molar-refractivity contribution < 1.29 is 36.6 Å². The quantitative estimate of drug-likeness (QED) is 0.241. The lowest BCUT2D eigenvalue weighted by atomic mass is 10.0. The molecule has 242 valence electrons. The van der Waals surface area contributed by atoms with Gasteiger partial charge in [-0.25, -0.2) is 9.07 Å². The minimum atomic E-state index is -4.73. The van der Waals surface area contributed by atoms with E-state index in [1.54, 1.807) is 6.92 Å². The largest absolute Gasteiger partial charge is 0.495 e. The maximum atomic E-state index is 14.9. The molecule has 1 unspecified atom stereocenters. The summed E-state index contributed by atoms with van der Waals surface area (Å²) in [5.74, 6) is -2.01. The fourth-order valence-electron chi connectivity index (χ4n) is 5.00. The van der Waals surface area contributed by atoms with Gasteiger partial charge in [0.05, 0.1) is 43.4 Å². The standard InChI is InChI=1S/C30H27ClF4N6O5/c1-3-23(29(44)36-17-5-6-19(22(32)11-17)28(43)37-18-8-9-46-15-18)40-13-25(45-2)21(12-27(40)42)20-10-16(31)4-7-24(20)41-14-26(38-39-41)30(33,34)35/h4-7,10-14,18,23H,3,8-9,15H2,1-2H3,(H,36,44)(H,37,43)/t18?,23-/m0/s1. The lowest BCUT2D eigenvalue weighted by molar-refractivity contribution is -0.141. The van der Waals surface area contributed by atoms with Crippen molar-refractivity contribution in [3.63, 3.8) is 0 Å². The van der Waals surface area contributed by atoms with E-state index in [0.29, 0.717) is 25.8 Å². The van der Waals surface area contributed by atoms with E-state index in [-0.39, 0.29) is 51.3 Å². The molecule has 2 atom stereocenters. The average molecular weight is 663 g/mol. The molecule has 1 fully saturated rings. The topological polar surface area (TPSA) is 129 Å². The zero-order chi connectivity index (χ0) is 33.2. The lowest BCUT2D eigenvalue weighted by Crippen LogP contribution is -2.35. The van der Waals surface area contributed by atoms with Crippen molar-refractivity contribution in [3.05, 3.63) is 87.3 Å². The highest BCUT2D eigenvalue weighted by molar-refractivity contribution is 6.31. The van der Waals surface area contributed by atoms with Crippen molar-refractivity contribution in [2.45, 2.75) is 38.0 Å². The Kier molecular flexibility index (Phi) is 9.44. The first kappa shape index (κ1) is 32.6. The van der Waals surface area contributed by atoms with E-state index in [2.05, 4.69) is 20.9 Å². The number of rotatable bonds is 9. The predicted molar refractivity (Wildman–Crippen MR) is 159 cm³/mol. The zero-order valence-corrected chi connectivity index (χ0v) is 25.2. The van der Waals surface area contributed by atoms with E-state index in [4.69, 9.17) is 21.1 Å². The lowest BCUT2D eigenvalue weighted by Gasteiger charge is -2.21. The molecule has 4 aromatic rings. The Bertz CT molecular complexity index is 1840. The molecule has 2 N–H and O–H groups in total. The van der Waals surface area contributed by atoms with E-state index in [1.165, 1.54) is 43.6 Å². The van der Waals surface area contributed by atoms with Crippen LogP contribution in [0.2, 0.25) is 5.02 Å². The van der Waals surface area contributed by atoms with Crippen molar-refractivity contribution in [2.24, 2.45) is 0 Å². The summed E-state index contributed by atoms with van der Waals surface area (Å²) < 4.78 is 67.2. The fraction of sp³-hybridized carbons (Fsp3) is 0.300. The predicted octanol–water partition coefficient (Wildman–Crippen LogP) is 5.02. The van der Waals surface area contributed by atoms with Crippen LogP contribution in [0.1, 0.15) is 41.9 Å². The maximum Gasteiger partial charge on any atom is 0.436 e. The second-order valence-electron chi connectivity index (χ2n) is 10.4. The molecule has 0 spiro atoms. The average Bonchev–Trinajstić information content (AvgIpc) is 3.71. The van der Waals surface area contributed by atoms with Gasteiger partial charge in [-0.15, -0.1) is 5.10 Å². The Morgan fingerprint density at radius 2 is 1.93 bits per heavy atom. The van der Waals surface area contributed by atoms with E-state index in [9.17, 15) is 31.9 Å². The Morgan fingerprint density at radius 1 is 1.15 bits per heavy atom. The first-order chi connectivity index (χ1) is 21.9. The molecule has 11 nitrogen and oxygen atoms in total. The third kappa shape index (κ3) is 6.89. The van der Waals surface area contributed by atoms with Crippen LogP contribution >= 0.6 is 11.6 Å². The summed E-state index contributed by atoms with van der Waals surface area (Å²) in [5, 5.41) is 12.3. The van der Waals surface area contributed by atoms with Crippen LogP contribution in [0.3, 0.4) is 0 Å². The van der Waals surface area contributed by atoms with E-state index in [0.717, 1.165) is 21.4 Å². The minimum Gasteiger partial charge on any atom is -0.495 e. The summed E-state index contributed by atoms with van der Waals surface area (Å²) in [7, 11) is 1.32. The normalized spacial score (nSPS) is 15.4. The number of pyridine rings is 1. The van der Waals surface area contributed by atoms with Crippen LogP contribution in [-0.4, -0.2) is 57.7 Å². The number of hydrogen-bond acceptors (Lipinski definition) is 7. The molecule has 0 aliphatic carbocycles. The molecular weight excluding hydrogens is 636 g/mol. The van der Waals surface area contributed by atoms with Gasteiger partial charge in [-0.2, -0.15) is 13.2 Å². The van der Waals surface area contributed by atoms with E-state index in [1.807, 2.05) is 0 Å². The van der Waals surface area contributed by atoms with Crippen LogP contribution in [-0.2, 0) is 15.7 Å². The first-order valence-corrected chi connectivity index (χ1v) is 14.4. The van der Waals surface area contributed by atoms with Crippen molar-refractivity contribution >= 4 is 29.1 Å². The smallest absolute Gasteiger partial charge is 0.436 e. The number of ether oxygens (including phenoxy) is 2. The van der Waals surface area contributed by atoms with Gasteiger partial charge in [-0.3, -0.25) is 19.0 Å². The maximum absolute atomic E-state index is 14.9. The van der Waals surface area contributed by atoms with Crippen LogP contribution in [0.5, 0.6) is 5.75 Å². The summed E-state index contributed by atoms with van der Waals surface area (Å²) in [6.45, 7) is 2.51. The van der Waals surface area contributed by atoms with Crippen LogP contribution in [0.25, 0.3) is 16.8 Å². The molecule has 3 heterocycles. The molecule has 5 rings (SSSR count). The van der Waals surface area contributed by atoms with Gasteiger partial charge in [0, 0.05) is 34.5 Å².